The van der Waals surface area contributed by atoms with Crippen LogP contribution in [-0.4, -0.2) is 67.2 Å². The van der Waals surface area contributed by atoms with Crippen molar-refractivity contribution < 1.29 is 0 Å². The number of nitrogens with two attached hydrogens (primary N) is 1. The minimum atomic E-state index is 0.150. The molecular weight excluding hydrogens is 224 g/mol. The van der Waals surface area contributed by atoms with E-state index in [9.17, 15) is 0 Å². The molecule has 0 radical (unpaired) electrons. The van der Waals surface area contributed by atoms with Crippen LogP contribution < -0.4 is 11.1 Å². The minimum Gasteiger partial charge on any atom is -0.329 e. The Balaban J connectivity index is 2.38. The summed E-state index contributed by atoms with van der Waals surface area (Å²) >= 11 is 0. The molecule has 0 aromatic heterocycles. The van der Waals surface area contributed by atoms with Gasteiger partial charge in [0.25, 0.3) is 0 Å². The van der Waals surface area contributed by atoms with Crippen molar-refractivity contribution in [2.24, 2.45) is 5.73 Å². The Kier molecular flexibility index (Phi) is 6.57. The third kappa shape index (κ3) is 4.19. The van der Waals surface area contributed by atoms with E-state index in [-0.39, 0.29) is 5.54 Å². The highest BCUT2D eigenvalue weighted by Gasteiger charge is 2.37. The molecule has 0 aromatic carbocycles. The quantitative estimate of drug-likeness (QED) is 0.672. The number of hydrogen-bond donors (Lipinski definition) is 2. The van der Waals surface area contributed by atoms with Gasteiger partial charge in [0.2, 0.25) is 0 Å². The lowest BCUT2D eigenvalue weighted by atomic mass is 9.99. The molecule has 1 unspecified atom stereocenters. The summed E-state index contributed by atoms with van der Waals surface area (Å²) in [5, 5.41) is 3.72. The fraction of sp³-hybridized carbons (Fsp3) is 1.00. The third-order valence-electron chi connectivity index (χ3n) is 4.33. The molecule has 0 saturated carbocycles. The summed E-state index contributed by atoms with van der Waals surface area (Å²) in [6.45, 7) is 16.4. The van der Waals surface area contributed by atoms with Crippen LogP contribution in [0.5, 0.6) is 0 Å². The fourth-order valence-electron chi connectivity index (χ4n) is 2.75. The lowest BCUT2D eigenvalue weighted by Gasteiger charge is -2.31. The number of likely N-dealkylation sites (tertiary alicyclic amines) is 1. The van der Waals surface area contributed by atoms with Crippen LogP contribution in [0.2, 0.25) is 0 Å². The molecule has 1 saturated heterocycles. The second-order valence-electron chi connectivity index (χ2n) is 5.75. The van der Waals surface area contributed by atoms with Crippen LogP contribution in [0.25, 0.3) is 0 Å². The summed E-state index contributed by atoms with van der Waals surface area (Å²) in [5.41, 5.74) is 6.16. The number of hydrogen-bond acceptors (Lipinski definition) is 4. The third-order valence-corrected chi connectivity index (χ3v) is 4.33. The average Bonchev–Trinajstić information content (AvgIpc) is 2.80. The van der Waals surface area contributed by atoms with Gasteiger partial charge < -0.3 is 16.0 Å². The van der Waals surface area contributed by atoms with Gasteiger partial charge in [-0.25, -0.2) is 0 Å². The summed E-state index contributed by atoms with van der Waals surface area (Å²) in [7, 11) is 0. The SMILES string of the molecule is CCN(CC)CCNC1(CN)CCN(C(C)C)C1. The highest BCUT2D eigenvalue weighted by molar-refractivity contribution is 4.99. The molecule has 0 bridgehead atoms. The summed E-state index contributed by atoms with van der Waals surface area (Å²) in [4.78, 5) is 4.98. The largest absolute Gasteiger partial charge is 0.329 e. The Bertz CT molecular complexity index is 228. The Morgan fingerprint density at radius 1 is 1.33 bits per heavy atom. The molecule has 0 aliphatic carbocycles. The molecule has 1 atom stereocenters. The summed E-state index contributed by atoms with van der Waals surface area (Å²) in [6, 6.07) is 0.628. The van der Waals surface area contributed by atoms with E-state index in [1.54, 1.807) is 0 Å². The van der Waals surface area contributed by atoms with Crippen molar-refractivity contribution in [3.05, 3.63) is 0 Å². The maximum Gasteiger partial charge on any atom is 0.0445 e. The van der Waals surface area contributed by atoms with Gasteiger partial charge in [-0.1, -0.05) is 13.8 Å². The predicted molar refractivity (Wildman–Crippen MR) is 78.9 cm³/mol. The first-order valence-electron chi connectivity index (χ1n) is 7.48. The molecule has 3 N–H and O–H groups in total. The highest BCUT2D eigenvalue weighted by atomic mass is 15.2. The average molecular weight is 256 g/mol. The van der Waals surface area contributed by atoms with Gasteiger partial charge in [-0.3, -0.25) is 4.90 Å². The van der Waals surface area contributed by atoms with Crippen molar-refractivity contribution in [1.29, 1.82) is 0 Å². The van der Waals surface area contributed by atoms with Crippen LogP contribution >= 0.6 is 0 Å². The van der Waals surface area contributed by atoms with Gasteiger partial charge in [-0.15, -0.1) is 0 Å². The van der Waals surface area contributed by atoms with Crippen molar-refractivity contribution >= 4 is 0 Å². The molecule has 108 valence electrons. The van der Waals surface area contributed by atoms with Crippen LogP contribution in [0, 0.1) is 0 Å². The summed E-state index contributed by atoms with van der Waals surface area (Å²) in [5.74, 6) is 0. The first kappa shape index (κ1) is 15.9. The lowest BCUT2D eigenvalue weighted by Crippen LogP contribution is -2.55. The van der Waals surface area contributed by atoms with Crippen molar-refractivity contribution in [1.82, 2.24) is 15.1 Å². The van der Waals surface area contributed by atoms with Crippen LogP contribution in [0.3, 0.4) is 0 Å². The van der Waals surface area contributed by atoms with Crippen molar-refractivity contribution in [3.63, 3.8) is 0 Å². The van der Waals surface area contributed by atoms with Crippen molar-refractivity contribution in [3.8, 4) is 0 Å². The normalized spacial score (nSPS) is 25.5. The topological polar surface area (TPSA) is 44.5 Å². The van der Waals surface area contributed by atoms with Gasteiger partial charge in [-0.05, 0) is 33.4 Å². The number of likely N-dealkylation sites (N-methyl/N-ethyl adjacent to an activating group) is 1. The number of rotatable bonds is 8. The van der Waals surface area contributed by atoms with Crippen LogP contribution in [0.15, 0.2) is 0 Å². The maximum absolute atomic E-state index is 6.01. The second-order valence-corrected chi connectivity index (χ2v) is 5.75. The molecule has 4 heteroatoms. The molecule has 18 heavy (non-hydrogen) atoms. The van der Waals surface area contributed by atoms with E-state index in [2.05, 4.69) is 42.8 Å². The maximum atomic E-state index is 6.01. The monoisotopic (exact) mass is 256 g/mol. The molecular formula is C14H32N4. The molecule has 1 aliphatic rings. The van der Waals surface area contributed by atoms with Crippen LogP contribution in [0.1, 0.15) is 34.1 Å². The van der Waals surface area contributed by atoms with Gasteiger partial charge in [0.15, 0.2) is 0 Å². The smallest absolute Gasteiger partial charge is 0.0445 e. The number of nitrogens with zero attached hydrogens (tertiary/aromatic N) is 2. The van der Waals surface area contributed by atoms with Crippen LogP contribution in [0.4, 0.5) is 0 Å². The van der Waals surface area contributed by atoms with E-state index in [0.29, 0.717) is 6.04 Å². The first-order valence-corrected chi connectivity index (χ1v) is 7.48. The zero-order valence-electron chi connectivity index (χ0n) is 12.7. The predicted octanol–water partition coefficient (Wildman–Crippen LogP) is 0.729. The summed E-state index contributed by atoms with van der Waals surface area (Å²) in [6.07, 6.45) is 1.18. The fourth-order valence-corrected chi connectivity index (χ4v) is 2.75. The molecule has 1 fully saturated rings. The van der Waals surface area contributed by atoms with E-state index in [4.69, 9.17) is 5.73 Å². The molecule has 0 aromatic rings. The Hall–Kier alpha value is -0.160. The van der Waals surface area contributed by atoms with E-state index >= 15 is 0 Å². The van der Waals surface area contributed by atoms with Gasteiger partial charge in [-0.2, -0.15) is 0 Å². The highest BCUT2D eigenvalue weighted by Crippen LogP contribution is 2.21. The van der Waals surface area contributed by atoms with Gasteiger partial charge in [0.1, 0.15) is 0 Å². The van der Waals surface area contributed by atoms with Gasteiger partial charge >= 0.3 is 0 Å². The zero-order valence-corrected chi connectivity index (χ0v) is 12.7. The molecule has 1 heterocycles. The first-order chi connectivity index (χ1) is 8.56. The van der Waals surface area contributed by atoms with Crippen LogP contribution in [-0.2, 0) is 0 Å². The Labute approximate surface area is 113 Å². The molecule has 1 rings (SSSR count). The lowest BCUT2D eigenvalue weighted by molar-refractivity contribution is 0.231. The van der Waals surface area contributed by atoms with E-state index in [1.165, 1.54) is 13.0 Å². The molecule has 0 amide bonds. The minimum absolute atomic E-state index is 0.150. The second kappa shape index (κ2) is 7.43. The standard InChI is InChI=1S/C14H32N4/c1-5-17(6-2)10-8-16-14(11-15)7-9-18(12-14)13(3)4/h13,16H,5-12,15H2,1-4H3. The van der Waals surface area contributed by atoms with E-state index in [0.717, 1.165) is 39.3 Å². The molecule has 1 aliphatic heterocycles. The summed E-state index contributed by atoms with van der Waals surface area (Å²) < 4.78 is 0. The zero-order chi connectivity index (χ0) is 13.6. The Morgan fingerprint density at radius 2 is 2.00 bits per heavy atom. The van der Waals surface area contributed by atoms with Crippen molar-refractivity contribution in [2.75, 3.05) is 45.8 Å². The van der Waals surface area contributed by atoms with E-state index < -0.39 is 0 Å². The molecule has 0 spiro atoms. The molecule has 4 nitrogen and oxygen atoms in total. The van der Waals surface area contributed by atoms with Gasteiger partial charge in [0, 0.05) is 44.3 Å². The van der Waals surface area contributed by atoms with E-state index in [1.807, 2.05) is 0 Å². The van der Waals surface area contributed by atoms with Crippen molar-refractivity contribution in [2.45, 2.75) is 45.7 Å². The van der Waals surface area contributed by atoms with Gasteiger partial charge in [0.05, 0.1) is 0 Å². The number of nitrogens with one attached hydrogen (secondary N) is 1. The Morgan fingerprint density at radius 3 is 2.44 bits per heavy atom.